The molecule has 0 saturated carbocycles. The molecule has 2 heterocycles. The zero-order chi connectivity index (χ0) is 23.0. The molecule has 1 unspecified atom stereocenters. The van der Waals surface area contributed by atoms with Crippen LogP contribution in [0, 0.1) is 13.8 Å². The molecule has 1 aliphatic rings. The molecule has 0 spiro atoms. The fourth-order valence-corrected chi connectivity index (χ4v) is 4.53. The molecule has 1 aromatic heterocycles. The molecule has 0 aliphatic carbocycles. The lowest BCUT2D eigenvalue weighted by molar-refractivity contribution is -0.132. The van der Waals surface area contributed by atoms with E-state index in [0.29, 0.717) is 28.6 Å². The molecule has 1 amide bonds. The molecule has 7 nitrogen and oxygen atoms in total. The third-order valence-electron chi connectivity index (χ3n) is 5.32. The van der Waals surface area contributed by atoms with E-state index in [2.05, 4.69) is 4.98 Å². The summed E-state index contributed by atoms with van der Waals surface area (Å²) in [6, 6.07) is 12.0. The first kappa shape index (κ1) is 21.6. The van der Waals surface area contributed by atoms with Crippen LogP contribution in [0.3, 0.4) is 0 Å². The van der Waals surface area contributed by atoms with Gasteiger partial charge in [0.2, 0.25) is 0 Å². The molecule has 2 aromatic carbocycles. The number of hydrogen-bond donors (Lipinski definition) is 2. The monoisotopic (exact) mass is 450 g/mol. The van der Waals surface area contributed by atoms with Crippen molar-refractivity contribution in [2.75, 3.05) is 11.5 Å². The van der Waals surface area contributed by atoms with Crippen LogP contribution in [0.25, 0.3) is 5.76 Å². The van der Waals surface area contributed by atoms with Gasteiger partial charge in [-0.15, -0.1) is 11.3 Å². The predicted molar refractivity (Wildman–Crippen MR) is 122 cm³/mol. The molecule has 2 N–H and O–H groups in total. The SMILES string of the molecule is CCOc1ccc(/C(O)=C2\C(=O)C(=O)N(c3nc(C)c(C)s3)C2c2ccc(O)cc2)cc1. The van der Waals surface area contributed by atoms with E-state index >= 15 is 0 Å². The minimum absolute atomic E-state index is 0.0321. The third kappa shape index (κ3) is 3.73. The number of Topliss-reactive ketones (excluding diaryl/α,β-unsaturated/α-hetero) is 1. The van der Waals surface area contributed by atoms with E-state index in [-0.39, 0.29) is 17.1 Å². The number of rotatable bonds is 5. The molecule has 32 heavy (non-hydrogen) atoms. The van der Waals surface area contributed by atoms with Gasteiger partial charge >= 0.3 is 5.91 Å². The van der Waals surface area contributed by atoms with E-state index < -0.39 is 17.7 Å². The molecule has 3 aromatic rings. The van der Waals surface area contributed by atoms with Crippen LogP contribution in [0.15, 0.2) is 54.1 Å². The number of aryl methyl sites for hydroxylation is 2. The Morgan fingerprint density at radius 3 is 2.31 bits per heavy atom. The Hall–Kier alpha value is -3.65. The number of aliphatic hydroxyl groups excluding tert-OH is 1. The summed E-state index contributed by atoms with van der Waals surface area (Å²) in [5, 5.41) is 21.2. The minimum Gasteiger partial charge on any atom is -0.508 e. The molecular weight excluding hydrogens is 428 g/mol. The van der Waals surface area contributed by atoms with Crippen LogP contribution in [0.5, 0.6) is 11.5 Å². The number of thiazole rings is 1. The molecule has 8 heteroatoms. The maximum Gasteiger partial charge on any atom is 0.301 e. The highest BCUT2D eigenvalue weighted by molar-refractivity contribution is 7.16. The van der Waals surface area contributed by atoms with Gasteiger partial charge in [-0.25, -0.2) is 4.98 Å². The number of aromatic hydroxyl groups is 1. The summed E-state index contributed by atoms with van der Waals surface area (Å²) in [5.41, 5.74) is 1.69. The largest absolute Gasteiger partial charge is 0.508 e. The van der Waals surface area contributed by atoms with Gasteiger partial charge in [-0.1, -0.05) is 12.1 Å². The fourth-order valence-electron chi connectivity index (χ4n) is 3.59. The Labute approximate surface area is 189 Å². The lowest BCUT2D eigenvalue weighted by Crippen LogP contribution is -2.29. The maximum atomic E-state index is 13.1. The van der Waals surface area contributed by atoms with Gasteiger partial charge in [0.05, 0.1) is 23.9 Å². The summed E-state index contributed by atoms with van der Waals surface area (Å²) < 4.78 is 5.44. The zero-order valence-electron chi connectivity index (χ0n) is 17.8. The van der Waals surface area contributed by atoms with Gasteiger partial charge in [-0.2, -0.15) is 0 Å². The average Bonchev–Trinajstić information content (AvgIpc) is 3.24. The summed E-state index contributed by atoms with van der Waals surface area (Å²) in [7, 11) is 0. The van der Waals surface area contributed by atoms with E-state index in [0.717, 1.165) is 10.6 Å². The Bertz CT molecular complexity index is 1190. The summed E-state index contributed by atoms with van der Waals surface area (Å²) in [5.74, 6) is -1.15. The second-order valence-electron chi connectivity index (χ2n) is 7.36. The molecule has 0 bridgehead atoms. The Kier molecular flexibility index (Phi) is 5.71. The Morgan fingerprint density at radius 2 is 1.75 bits per heavy atom. The lowest BCUT2D eigenvalue weighted by atomic mass is 9.95. The van der Waals surface area contributed by atoms with Gasteiger partial charge in [0.15, 0.2) is 5.13 Å². The van der Waals surface area contributed by atoms with Crippen molar-refractivity contribution >= 4 is 33.9 Å². The van der Waals surface area contributed by atoms with Crippen LogP contribution < -0.4 is 9.64 Å². The highest BCUT2D eigenvalue weighted by Gasteiger charge is 2.48. The molecule has 1 fully saturated rings. The van der Waals surface area contributed by atoms with Crippen molar-refractivity contribution in [3.63, 3.8) is 0 Å². The number of benzene rings is 2. The van der Waals surface area contributed by atoms with E-state index in [4.69, 9.17) is 4.74 Å². The van der Waals surface area contributed by atoms with E-state index in [1.54, 1.807) is 36.4 Å². The number of aliphatic hydroxyl groups is 1. The summed E-state index contributed by atoms with van der Waals surface area (Å²) in [6.07, 6.45) is 0. The normalized spacial score (nSPS) is 17.7. The smallest absolute Gasteiger partial charge is 0.301 e. The maximum absolute atomic E-state index is 13.1. The predicted octanol–water partition coefficient (Wildman–Crippen LogP) is 4.49. The summed E-state index contributed by atoms with van der Waals surface area (Å²) in [6.45, 7) is 6.10. The molecule has 1 atom stereocenters. The Balaban J connectivity index is 1.89. The molecular formula is C24H22N2O5S. The third-order valence-corrected chi connectivity index (χ3v) is 6.39. The van der Waals surface area contributed by atoms with Crippen molar-refractivity contribution < 1.29 is 24.5 Å². The van der Waals surface area contributed by atoms with Crippen molar-refractivity contribution in [3.8, 4) is 11.5 Å². The number of ether oxygens (including phenoxy) is 1. The van der Waals surface area contributed by atoms with Gasteiger partial charge in [0, 0.05) is 10.4 Å². The van der Waals surface area contributed by atoms with Gasteiger partial charge in [0.1, 0.15) is 17.3 Å². The van der Waals surface area contributed by atoms with Crippen LogP contribution in [-0.4, -0.2) is 33.5 Å². The van der Waals surface area contributed by atoms with Crippen molar-refractivity contribution in [1.82, 2.24) is 4.98 Å². The molecule has 4 rings (SSSR count). The number of carbonyl (C=O) groups is 2. The van der Waals surface area contributed by atoms with Crippen molar-refractivity contribution in [1.29, 1.82) is 0 Å². The number of amides is 1. The second-order valence-corrected chi connectivity index (χ2v) is 8.54. The Morgan fingerprint density at radius 1 is 1.09 bits per heavy atom. The van der Waals surface area contributed by atoms with Crippen LogP contribution in [0.2, 0.25) is 0 Å². The topological polar surface area (TPSA) is 100.0 Å². The molecule has 0 radical (unpaired) electrons. The standard InChI is InChI=1S/C24H22N2O5S/c1-4-31-18-11-7-16(8-12-18)21(28)19-20(15-5-9-17(27)10-6-15)26(23(30)22(19)29)24-25-13(2)14(3)32-24/h5-12,20,27-28H,4H2,1-3H3/b21-19+. The first-order valence-corrected chi connectivity index (χ1v) is 10.9. The van der Waals surface area contributed by atoms with Crippen LogP contribution in [0.1, 0.15) is 34.7 Å². The van der Waals surface area contributed by atoms with E-state index in [9.17, 15) is 19.8 Å². The summed E-state index contributed by atoms with van der Waals surface area (Å²) in [4.78, 5) is 32.9. The van der Waals surface area contributed by atoms with Crippen LogP contribution >= 0.6 is 11.3 Å². The number of phenolic OH excluding ortho intramolecular Hbond substituents is 1. The van der Waals surface area contributed by atoms with Gasteiger partial charge in [-0.3, -0.25) is 14.5 Å². The van der Waals surface area contributed by atoms with Crippen molar-refractivity contribution in [2.45, 2.75) is 26.8 Å². The number of hydrogen-bond acceptors (Lipinski definition) is 7. The molecule has 164 valence electrons. The molecule has 1 saturated heterocycles. The van der Waals surface area contributed by atoms with E-state index in [1.807, 2.05) is 20.8 Å². The number of carbonyl (C=O) groups excluding carboxylic acids is 2. The van der Waals surface area contributed by atoms with Crippen LogP contribution in [0.4, 0.5) is 5.13 Å². The number of nitrogens with zero attached hydrogens (tertiary/aromatic N) is 2. The quantitative estimate of drug-likeness (QED) is 0.338. The van der Waals surface area contributed by atoms with Crippen molar-refractivity contribution in [2.24, 2.45) is 0 Å². The van der Waals surface area contributed by atoms with Gasteiger partial charge in [-0.05, 0) is 62.7 Å². The minimum atomic E-state index is -0.882. The van der Waals surface area contributed by atoms with E-state index in [1.165, 1.54) is 28.4 Å². The number of ketones is 1. The zero-order valence-corrected chi connectivity index (χ0v) is 18.6. The highest BCUT2D eigenvalue weighted by atomic mass is 32.1. The number of phenols is 1. The number of anilines is 1. The van der Waals surface area contributed by atoms with Crippen molar-refractivity contribution in [3.05, 3.63) is 75.8 Å². The fraction of sp³-hybridized carbons (Fsp3) is 0.208. The highest BCUT2D eigenvalue weighted by Crippen LogP contribution is 2.44. The first-order chi connectivity index (χ1) is 15.3. The summed E-state index contributed by atoms with van der Waals surface area (Å²) >= 11 is 1.31. The second kappa shape index (κ2) is 8.47. The van der Waals surface area contributed by atoms with Gasteiger partial charge < -0.3 is 14.9 Å². The lowest BCUT2D eigenvalue weighted by Gasteiger charge is -2.23. The average molecular weight is 451 g/mol. The number of aromatic nitrogens is 1. The van der Waals surface area contributed by atoms with Gasteiger partial charge in [0.25, 0.3) is 5.78 Å². The molecule has 1 aliphatic heterocycles. The van der Waals surface area contributed by atoms with Crippen LogP contribution in [-0.2, 0) is 9.59 Å². The first-order valence-electron chi connectivity index (χ1n) is 10.1.